The second kappa shape index (κ2) is 5.40. The Morgan fingerprint density at radius 3 is 2.74 bits per heavy atom. The van der Waals surface area contributed by atoms with Crippen LogP contribution in [-0.2, 0) is 14.8 Å². The van der Waals surface area contributed by atoms with Crippen molar-refractivity contribution < 1.29 is 21.9 Å². The first-order valence-electron chi connectivity index (χ1n) is 5.72. The monoisotopic (exact) mass is 292 g/mol. The molecule has 1 atom stereocenters. The van der Waals surface area contributed by atoms with Crippen LogP contribution in [0.4, 0.5) is 14.5 Å². The molecule has 3 N–H and O–H groups in total. The molecule has 0 radical (unpaired) electrons. The summed E-state index contributed by atoms with van der Waals surface area (Å²) >= 11 is 0. The van der Waals surface area contributed by atoms with Gasteiger partial charge in [0.25, 0.3) is 0 Å². The lowest BCUT2D eigenvalue weighted by molar-refractivity contribution is 0.186. The molecule has 1 aromatic carbocycles. The van der Waals surface area contributed by atoms with E-state index in [1.807, 2.05) is 0 Å². The minimum Gasteiger partial charge on any atom is -0.396 e. The molecule has 1 fully saturated rings. The SMILES string of the molecule is Nc1cc(S(=O)(=O)NCC2CCOC2)c(F)cc1F. The first-order chi connectivity index (χ1) is 8.90. The van der Waals surface area contributed by atoms with Gasteiger partial charge in [0, 0.05) is 19.2 Å². The molecule has 5 nitrogen and oxygen atoms in total. The van der Waals surface area contributed by atoms with Crippen LogP contribution in [0.1, 0.15) is 6.42 Å². The third-order valence-electron chi connectivity index (χ3n) is 2.93. The van der Waals surface area contributed by atoms with Crippen molar-refractivity contribution in [3.05, 3.63) is 23.8 Å². The first kappa shape index (κ1) is 14.2. The summed E-state index contributed by atoms with van der Waals surface area (Å²) in [5, 5.41) is 0. The fraction of sp³-hybridized carbons (Fsp3) is 0.455. The Balaban J connectivity index is 2.16. The average molecular weight is 292 g/mol. The zero-order chi connectivity index (χ0) is 14.0. The number of halogens is 2. The molecule has 1 unspecified atom stereocenters. The Morgan fingerprint density at radius 2 is 2.11 bits per heavy atom. The highest BCUT2D eigenvalue weighted by Gasteiger charge is 2.23. The van der Waals surface area contributed by atoms with Gasteiger partial charge in [0.05, 0.1) is 12.3 Å². The Labute approximate surface area is 109 Å². The first-order valence-corrected chi connectivity index (χ1v) is 7.20. The number of ether oxygens (including phenoxy) is 1. The highest BCUT2D eigenvalue weighted by molar-refractivity contribution is 7.89. The number of sulfonamides is 1. The van der Waals surface area contributed by atoms with Gasteiger partial charge in [-0.25, -0.2) is 21.9 Å². The number of anilines is 1. The summed E-state index contributed by atoms with van der Waals surface area (Å²) in [6, 6.07) is 1.24. The van der Waals surface area contributed by atoms with E-state index < -0.39 is 32.2 Å². The zero-order valence-electron chi connectivity index (χ0n) is 10.0. The summed E-state index contributed by atoms with van der Waals surface area (Å²) in [6.45, 7) is 1.21. The van der Waals surface area contributed by atoms with E-state index in [9.17, 15) is 17.2 Å². The molecule has 0 aliphatic carbocycles. The Morgan fingerprint density at radius 1 is 1.37 bits per heavy atom. The van der Waals surface area contributed by atoms with Gasteiger partial charge < -0.3 is 10.5 Å². The smallest absolute Gasteiger partial charge is 0.243 e. The van der Waals surface area contributed by atoms with Gasteiger partial charge in [-0.15, -0.1) is 0 Å². The maximum atomic E-state index is 13.5. The maximum Gasteiger partial charge on any atom is 0.243 e. The highest BCUT2D eigenvalue weighted by atomic mass is 32.2. The lowest BCUT2D eigenvalue weighted by atomic mass is 10.1. The second-order valence-electron chi connectivity index (χ2n) is 4.39. The number of nitrogen functional groups attached to an aromatic ring is 1. The van der Waals surface area contributed by atoms with Crippen molar-refractivity contribution in [3.8, 4) is 0 Å². The third-order valence-corrected chi connectivity index (χ3v) is 4.37. The van der Waals surface area contributed by atoms with Crippen molar-refractivity contribution in [1.82, 2.24) is 4.72 Å². The number of benzene rings is 1. The van der Waals surface area contributed by atoms with Crippen molar-refractivity contribution in [2.75, 3.05) is 25.5 Å². The molecule has 1 saturated heterocycles. The largest absolute Gasteiger partial charge is 0.396 e. The zero-order valence-corrected chi connectivity index (χ0v) is 10.8. The number of rotatable bonds is 4. The lowest BCUT2D eigenvalue weighted by Crippen LogP contribution is -2.30. The van der Waals surface area contributed by atoms with Crippen LogP contribution in [0.2, 0.25) is 0 Å². The van der Waals surface area contributed by atoms with Crippen LogP contribution in [0.15, 0.2) is 17.0 Å². The summed E-state index contributed by atoms with van der Waals surface area (Å²) in [4.78, 5) is -0.648. The summed E-state index contributed by atoms with van der Waals surface area (Å²) in [5.41, 5.74) is 4.84. The molecule has 0 saturated carbocycles. The minimum absolute atomic E-state index is 0.0654. The summed E-state index contributed by atoms with van der Waals surface area (Å²) in [7, 11) is -4.04. The van der Waals surface area contributed by atoms with Crippen LogP contribution in [0, 0.1) is 17.6 Å². The van der Waals surface area contributed by atoms with Crippen molar-refractivity contribution in [3.63, 3.8) is 0 Å². The van der Waals surface area contributed by atoms with Crippen LogP contribution >= 0.6 is 0 Å². The number of hydrogen-bond donors (Lipinski definition) is 2. The average Bonchev–Trinajstić information content (AvgIpc) is 2.84. The Bertz CT molecular complexity index is 572. The minimum atomic E-state index is -4.04. The number of nitrogens with one attached hydrogen (secondary N) is 1. The van der Waals surface area contributed by atoms with Crippen molar-refractivity contribution >= 4 is 15.7 Å². The lowest BCUT2D eigenvalue weighted by Gasteiger charge is -2.11. The standard InChI is InChI=1S/C11H14F2N2O3S/c12-8-3-9(13)11(4-10(8)14)19(16,17)15-5-7-1-2-18-6-7/h3-4,7,15H,1-2,5-6,14H2. The molecule has 0 bridgehead atoms. The molecular weight excluding hydrogens is 278 g/mol. The fourth-order valence-corrected chi connectivity index (χ4v) is 3.01. The Hall–Kier alpha value is -1.25. The molecule has 1 aliphatic rings. The van der Waals surface area contributed by atoms with Crippen LogP contribution in [0.5, 0.6) is 0 Å². The second-order valence-corrected chi connectivity index (χ2v) is 6.12. The van der Waals surface area contributed by atoms with Gasteiger partial charge in [-0.2, -0.15) is 0 Å². The van der Waals surface area contributed by atoms with Gasteiger partial charge >= 0.3 is 0 Å². The number of hydrogen-bond acceptors (Lipinski definition) is 4. The molecule has 1 aliphatic heterocycles. The summed E-state index contributed by atoms with van der Waals surface area (Å²) < 4.78 is 57.7. The van der Waals surface area contributed by atoms with Gasteiger partial charge in [-0.05, 0) is 18.4 Å². The van der Waals surface area contributed by atoms with Crippen molar-refractivity contribution in [2.24, 2.45) is 5.92 Å². The van der Waals surface area contributed by atoms with E-state index in [-0.39, 0.29) is 12.5 Å². The molecule has 19 heavy (non-hydrogen) atoms. The van der Waals surface area contributed by atoms with Crippen LogP contribution < -0.4 is 10.5 Å². The third kappa shape index (κ3) is 3.20. The quantitative estimate of drug-likeness (QED) is 0.807. The van der Waals surface area contributed by atoms with Crippen molar-refractivity contribution in [2.45, 2.75) is 11.3 Å². The summed E-state index contributed by atoms with van der Waals surface area (Å²) in [5.74, 6) is -2.09. The van der Waals surface area contributed by atoms with Crippen molar-refractivity contribution in [1.29, 1.82) is 0 Å². The van der Waals surface area contributed by atoms with Gasteiger partial charge in [0.15, 0.2) is 0 Å². The van der Waals surface area contributed by atoms with Gasteiger partial charge in [0.1, 0.15) is 16.5 Å². The van der Waals surface area contributed by atoms with Crippen LogP contribution in [0.25, 0.3) is 0 Å². The van der Waals surface area contributed by atoms with E-state index in [2.05, 4.69) is 4.72 Å². The molecule has 0 spiro atoms. The Kier molecular flexibility index (Phi) is 4.02. The normalized spacial score (nSPS) is 19.8. The van der Waals surface area contributed by atoms with Gasteiger partial charge in [-0.1, -0.05) is 0 Å². The predicted octanol–water partition coefficient (Wildman–Crippen LogP) is 0.862. The van der Waals surface area contributed by atoms with E-state index in [1.165, 1.54) is 0 Å². The van der Waals surface area contributed by atoms with Gasteiger partial charge in [0.2, 0.25) is 10.0 Å². The molecule has 8 heteroatoms. The molecule has 2 rings (SSSR count). The van der Waals surface area contributed by atoms with Crippen LogP contribution in [0.3, 0.4) is 0 Å². The molecule has 1 aromatic rings. The predicted molar refractivity (Wildman–Crippen MR) is 64.9 cm³/mol. The van der Waals surface area contributed by atoms with E-state index in [1.54, 1.807) is 0 Å². The fourth-order valence-electron chi connectivity index (χ4n) is 1.80. The summed E-state index contributed by atoms with van der Waals surface area (Å²) in [6.07, 6.45) is 0.747. The van der Waals surface area contributed by atoms with E-state index in [0.717, 1.165) is 12.5 Å². The van der Waals surface area contributed by atoms with E-state index >= 15 is 0 Å². The maximum absolute atomic E-state index is 13.5. The number of nitrogens with two attached hydrogens (primary N) is 1. The molecule has 0 amide bonds. The van der Waals surface area contributed by atoms with Gasteiger partial charge in [-0.3, -0.25) is 0 Å². The highest BCUT2D eigenvalue weighted by Crippen LogP contribution is 2.21. The molecule has 0 aromatic heterocycles. The van der Waals surface area contributed by atoms with Crippen LogP contribution in [-0.4, -0.2) is 28.2 Å². The molecule has 1 heterocycles. The molecular formula is C11H14F2N2O3S. The topological polar surface area (TPSA) is 81.4 Å². The molecule has 106 valence electrons. The van der Waals surface area contributed by atoms with E-state index in [0.29, 0.717) is 19.3 Å². The van der Waals surface area contributed by atoms with E-state index in [4.69, 9.17) is 10.5 Å².